The van der Waals surface area contributed by atoms with Gasteiger partial charge in [0.15, 0.2) is 0 Å². The Morgan fingerprint density at radius 2 is 2.09 bits per heavy atom. The van der Waals surface area contributed by atoms with Crippen LogP contribution in [-0.4, -0.2) is 50.4 Å². The molecule has 0 radical (unpaired) electrons. The zero-order valence-electron chi connectivity index (χ0n) is 13.7. The SMILES string of the molecule is COc1cccc2c1CCN2C(=O)CN1CCC(CC=O)CC1. The fraction of sp³-hybridized carbons (Fsp3) is 0.556. The van der Waals surface area contributed by atoms with Gasteiger partial charge in [0.1, 0.15) is 12.0 Å². The molecule has 0 bridgehead atoms. The van der Waals surface area contributed by atoms with E-state index in [1.54, 1.807) is 7.11 Å². The monoisotopic (exact) mass is 316 g/mol. The zero-order valence-corrected chi connectivity index (χ0v) is 13.7. The molecule has 0 unspecified atom stereocenters. The van der Waals surface area contributed by atoms with Crippen molar-refractivity contribution in [3.05, 3.63) is 23.8 Å². The smallest absolute Gasteiger partial charge is 0.241 e. The minimum Gasteiger partial charge on any atom is -0.496 e. The Morgan fingerprint density at radius 1 is 1.30 bits per heavy atom. The third-order valence-electron chi connectivity index (χ3n) is 5.00. The number of ether oxygens (including phenoxy) is 1. The summed E-state index contributed by atoms with van der Waals surface area (Å²) in [5.41, 5.74) is 2.12. The van der Waals surface area contributed by atoms with Crippen LogP contribution in [0, 0.1) is 5.92 Å². The Morgan fingerprint density at radius 3 is 2.78 bits per heavy atom. The first kappa shape index (κ1) is 16.0. The maximum atomic E-state index is 12.7. The third-order valence-corrected chi connectivity index (χ3v) is 5.00. The quantitative estimate of drug-likeness (QED) is 0.778. The van der Waals surface area contributed by atoms with Crippen LogP contribution in [0.25, 0.3) is 0 Å². The first-order chi connectivity index (χ1) is 11.2. The van der Waals surface area contributed by atoms with Crippen LogP contribution in [0.2, 0.25) is 0 Å². The Kier molecular flexibility index (Phi) is 4.96. The van der Waals surface area contributed by atoms with Crippen LogP contribution >= 0.6 is 0 Å². The van der Waals surface area contributed by atoms with E-state index in [2.05, 4.69) is 4.90 Å². The molecule has 2 heterocycles. The van der Waals surface area contributed by atoms with E-state index >= 15 is 0 Å². The average molecular weight is 316 g/mol. The first-order valence-electron chi connectivity index (χ1n) is 8.35. The molecule has 3 rings (SSSR count). The molecule has 0 aliphatic carbocycles. The van der Waals surface area contributed by atoms with Gasteiger partial charge in [-0.2, -0.15) is 0 Å². The molecule has 1 fully saturated rings. The highest BCUT2D eigenvalue weighted by Gasteiger charge is 2.29. The van der Waals surface area contributed by atoms with E-state index < -0.39 is 0 Å². The van der Waals surface area contributed by atoms with Crippen LogP contribution in [0.15, 0.2) is 18.2 Å². The second-order valence-electron chi connectivity index (χ2n) is 6.38. The molecule has 0 spiro atoms. The zero-order chi connectivity index (χ0) is 16.2. The molecule has 2 aliphatic rings. The van der Waals surface area contributed by atoms with Crippen molar-refractivity contribution in [1.82, 2.24) is 4.90 Å². The van der Waals surface area contributed by atoms with Crippen molar-refractivity contribution in [1.29, 1.82) is 0 Å². The molecule has 0 saturated carbocycles. The van der Waals surface area contributed by atoms with Gasteiger partial charge in [-0.1, -0.05) is 6.07 Å². The van der Waals surface area contributed by atoms with E-state index in [-0.39, 0.29) is 5.91 Å². The van der Waals surface area contributed by atoms with Crippen molar-refractivity contribution >= 4 is 17.9 Å². The number of methoxy groups -OCH3 is 1. The summed E-state index contributed by atoms with van der Waals surface area (Å²) in [7, 11) is 1.67. The van der Waals surface area contributed by atoms with E-state index in [9.17, 15) is 9.59 Å². The van der Waals surface area contributed by atoms with E-state index in [1.807, 2.05) is 23.1 Å². The van der Waals surface area contributed by atoms with Crippen LogP contribution in [0.5, 0.6) is 5.75 Å². The lowest BCUT2D eigenvalue weighted by Crippen LogP contribution is -2.43. The fourth-order valence-electron chi connectivity index (χ4n) is 3.65. The van der Waals surface area contributed by atoms with Crippen LogP contribution in [0.3, 0.4) is 0 Å². The van der Waals surface area contributed by atoms with Crippen molar-refractivity contribution in [2.45, 2.75) is 25.7 Å². The molecule has 1 aromatic rings. The summed E-state index contributed by atoms with van der Waals surface area (Å²) < 4.78 is 5.39. The van der Waals surface area contributed by atoms with Gasteiger partial charge in [-0.05, 0) is 50.4 Å². The van der Waals surface area contributed by atoms with Gasteiger partial charge in [0.2, 0.25) is 5.91 Å². The first-order valence-corrected chi connectivity index (χ1v) is 8.35. The van der Waals surface area contributed by atoms with Crippen LogP contribution in [-0.2, 0) is 16.0 Å². The number of rotatable bonds is 5. The van der Waals surface area contributed by atoms with Gasteiger partial charge in [-0.3, -0.25) is 9.69 Å². The van der Waals surface area contributed by atoms with Gasteiger partial charge in [0.25, 0.3) is 0 Å². The van der Waals surface area contributed by atoms with E-state index in [1.165, 1.54) is 0 Å². The number of piperidine rings is 1. The molecule has 1 amide bonds. The van der Waals surface area contributed by atoms with Gasteiger partial charge < -0.3 is 14.4 Å². The molecule has 1 saturated heterocycles. The molecule has 0 aromatic heterocycles. The summed E-state index contributed by atoms with van der Waals surface area (Å²) in [5, 5.41) is 0. The van der Waals surface area contributed by atoms with Gasteiger partial charge in [-0.25, -0.2) is 0 Å². The number of likely N-dealkylation sites (tertiary alicyclic amines) is 1. The molecule has 23 heavy (non-hydrogen) atoms. The Bertz CT molecular complexity index is 580. The molecule has 2 aliphatic heterocycles. The number of hydrogen-bond acceptors (Lipinski definition) is 4. The molecule has 124 valence electrons. The van der Waals surface area contributed by atoms with Crippen molar-refractivity contribution in [3.63, 3.8) is 0 Å². The molecular formula is C18H24N2O3. The standard InChI is InChI=1S/C18H24N2O3/c1-23-17-4-2-3-16-15(17)7-11-20(16)18(22)13-19-9-5-14(6-10-19)8-12-21/h2-4,12,14H,5-11,13H2,1H3. The minimum atomic E-state index is 0.158. The van der Waals surface area contributed by atoms with Crippen LogP contribution in [0.1, 0.15) is 24.8 Å². The maximum Gasteiger partial charge on any atom is 0.241 e. The van der Waals surface area contributed by atoms with Crippen LogP contribution < -0.4 is 9.64 Å². The summed E-state index contributed by atoms with van der Waals surface area (Å²) in [6.45, 7) is 3.01. The van der Waals surface area contributed by atoms with E-state index in [4.69, 9.17) is 4.74 Å². The van der Waals surface area contributed by atoms with Gasteiger partial charge in [0, 0.05) is 18.5 Å². The number of fused-ring (bicyclic) bond motifs is 1. The van der Waals surface area contributed by atoms with Crippen molar-refractivity contribution in [3.8, 4) is 5.75 Å². The predicted octanol–water partition coefficient (Wildman–Crippen LogP) is 1.89. The van der Waals surface area contributed by atoms with Crippen molar-refractivity contribution in [2.75, 3.05) is 38.2 Å². The molecule has 1 aromatic carbocycles. The number of amides is 1. The number of carbonyl (C=O) groups excluding carboxylic acids is 2. The largest absolute Gasteiger partial charge is 0.496 e. The maximum absolute atomic E-state index is 12.7. The number of aldehydes is 1. The molecule has 5 heteroatoms. The molecule has 0 atom stereocenters. The Hall–Kier alpha value is -1.88. The highest BCUT2D eigenvalue weighted by molar-refractivity contribution is 5.97. The summed E-state index contributed by atoms with van der Waals surface area (Å²) in [6.07, 6.45) is 4.54. The minimum absolute atomic E-state index is 0.158. The van der Waals surface area contributed by atoms with E-state index in [0.717, 1.165) is 62.2 Å². The summed E-state index contributed by atoms with van der Waals surface area (Å²) in [4.78, 5) is 27.4. The number of hydrogen-bond donors (Lipinski definition) is 0. The van der Waals surface area contributed by atoms with Gasteiger partial charge >= 0.3 is 0 Å². The second kappa shape index (κ2) is 7.13. The summed E-state index contributed by atoms with van der Waals surface area (Å²) in [6, 6.07) is 5.89. The van der Waals surface area contributed by atoms with Crippen molar-refractivity contribution in [2.24, 2.45) is 5.92 Å². The van der Waals surface area contributed by atoms with Crippen molar-refractivity contribution < 1.29 is 14.3 Å². The number of anilines is 1. The Labute approximate surface area is 137 Å². The normalized spacial score (nSPS) is 18.7. The third kappa shape index (κ3) is 3.39. The number of carbonyl (C=O) groups is 2. The lowest BCUT2D eigenvalue weighted by molar-refractivity contribution is -0.120. The highest BCUT2D eigenvalue weighted by atomic mass is 16.5. The molecular weight excluding hydrogens is 292 g/mol. The predicted molar refractivity (Wildman–Crippen MR) is 88.9 cm³/mol. The lowest BCUT2D eigenvalue weighted by atomic mass is 9.94. The fourth-order valence-corrected chi connectivity index (χ4v) is 3.65. The van der Waals surface area contributed by atoms with E-state index in [0.29, 0.717) is 18.9 Å². The van der Waals surface area contributed by atoms with Crippen LogP contribution in [0.4, 0.5) is 5.69 Å². The number of benzene rings is 1. The number of nitrogens with zero attached hydrogens (tertiary/aromatic N) is 2. The van der Waals surface area contributed by atoms with Gasteiger partial charge in [0.05, 0.1) is 19.3 Å². The molecule has 5 nitrogen and oxygen atoms in total. The summed E-state index contributed by atoms with van der Waals surface area (Å²) in [5.74, 6) is 1.52. The second-order valence-corrected chi connectivity index (χ2v) is 6.38. The molecule has 0 N–H and O–H groups in total. The highest BCUT2D eigenvalue weighted by Crippen LogP contribution is 2.35. The Balaban J connectivity index is 1.60. The van der Waals surface area contributed by atoms with Gasteiger partial charge in [-0.15, -0.1) is 0 Å². The topological polar surface area (TPSA) is 49.9 Å². The lowest BCUT2D eigenvalue weighted by Gasteiger charge is -2.31. The average Bonchev–Trinajstić information content (AvgIpc) is 3.01. The summed E-state index contributed by atoms with van der Waals surface area (Å²) >= 11 is 0.